The number of nitrogens with zero attached hydrogens (tertiary/aromatic N) is 2. The van der Waals surface area contributed by atoms with Gasteiger partial charge in [0.05, 0.1) is 22.4 Å². The van der Waals surface area contributed by atoms with E-state index in [0.717, 1.165) is 56.3 Å². The van der Waals surface area contributed by atoms with Crippen LogP contribution >= 0.6 is 0 Å². The molecule has 3 aliphatic carbocycles. The molecule has 0 aliphatic heterocycles. The monoisotopic (exact) mass is 758 g/mol. The second kappa shape index (κ2) is 13.3. The maximum atomic E-state index is 5.40. The summed E-state index contributed by atoms with van der Waals surface area (Å²) in [5.74, 6) is 2.96. The summed E-state index contributed by atoms with van der Waals surface area (Å²) in [4.78, 5) is 10.7. The highest BCUT2D eigenvalue weighted by Gasteiger charge is 2.56. The maximum absolute atomic E-state index is 5.40. The van der Waals surface area contributed by atoms with E-state index in [2.05, 4.69) is 184 Å². The normalized spacial score (nSPS) is 21.9. The minimum atomic E-state index is 0.0795. The molecule has 0 N–H and O–H groups in total. The number of benzene rings is 8. The average molecular weight is 759 g/mol. The van der Waals surface area contributed by atoms with E-state index < -0.39 is 0 Å². The summed E-state index contributed by atoms with van der Waals surface area (Å²) >= 11 is 0. The van der Waals surface area contributed by atoms with E-state index in [1.165, 1.54) is 69.7 Å². The largest absolute Gasteiger partial charge is 0.244 e. The molecule has 9 aromatic rings. The van der Waals surface area contributed by atoms with Gasteiger partial charge in [-0.3, -0.25) is 0 Å². The van der Waals surface area contributed by atoms with Gasteiger partial charge in [-0.05, 0) is 128 Å². The third-order valence-corrected chi connectivity index (χ3v) is 14.6. The third kappa shape index (κ3) is 5.32. The molecule has 284 valence electrons. The Balaban J connectivity index is 0.948. The fraction of sp³-hybridized carbons (Fsp3) is 0.193. The molecule has 2 saturated carbocycles. The van der Waals surface area contributed by atoms with Crippen molar-refractivity contribution in [3.05, 3.63) is 181 Å². The quantitative estimate of drug-likeness (QED) is 0.167. The molecule has 1 heterocycles. The smallest absolute Gasteiger partial charge is 0.0973 e. The van der Waals surface area contributed by atoms with Crippen LogP contribution in [0.25, 0.3) is 88.5 Å². The molecule has 2 fully saturated rings. The Morgan fingerprint density at radius 3 is 1.90 bits per heavy atom. The molecule has 59 heavy (non-hydrogen) atoms. The molecule has 2 heteroatoms. The van der Waals surface area contributed by atoms with E-state index in [0.29, 0.717) is 11.8 Å². The SMILES string of the molecule is CC1CC2CC(C)C3(c4ccc(-c5ccc(-c6cccc(-c7nc8c(ccc9ccccc98)nc7-c7ccccc7)c6)cc5)cc4-c4c3ccc3ccccc43)C(C1)C2. The van der Waals surface area contributed by atoms with E-state index >= 15 is 0 Å². The molecule has 8 aromatic carbocycles. The van der Waals surface area contributed by atoms with Crippen molar-refractivity contribution in [2.45, 2.75) is 44.9 Å². The van der Waals surface area contributed by atoms with E-state index in [4.69, 9.17) is 9.97 Å². The first-order valence-electron chi connectivity index (χ1n) is 21.7. The molecule has 3 aliphatic rings. The van der Waals surface area contributed by atoms with Crippen LogP contribution in [0.5, 0.6) is 0 Å². The van der Waals surface area contributed by atoms with Crippen LogP contribution in [0.2, 0.25) is 0 Å². The predicted octanol–water partition coefficient (Wildman–Crippen LogP) is 15.0. The van der Waals surface area contributed by atoms with Crippen molar-refractivity contribution >= 4 is 32.6 Å². The summed E-state index contributed by atoms with van der Waals surface area (Å²) < 4.78 is 0. The minimum Gasteiger partial charge on any atom is -0.244 e. The number of rotatable bonds is 4. The maximum Gasteiger partial charge on any atom is 0.0973 e. The lowest BCUT2D eigenvalue weighted by atomic mass is 9.49. The Morgan fingerprint density at radius 1 is 0.458 bits per heavy atom. The summed E-state index contributed by atoms with van der Waals surface area (Å²) in [6.07, 6.45) is 5.42. The Hall–Kier alpha value is -6.38. The lowest BCUT2D eigenvalue weighted by Crippen LogP contribution is -2.49. The van der Waals surface area contributed by atoms with Crippen LogP contribution in [-0.2, 0) is 5.41 Å². The van der Waals surface area contributed by atoms with Gasteiger partial charge >= 0.3 is 0 Å². The van der Waals surface area contributed by atoms with Crippen LogP contribution in [0.4, 0.5) is 0 Å². The van der Waals surface area contributed by atoms with Crippen molar-refractivity contribution in [2.75, 3.05) is 0 Å². The van der Waals surface area contributed by atoms with Crippen LogP contribution < -0.4 is 0 Å². The molecule has 2 bridgehead atoms. The van der Waals surface area contributed by atoms with Crippen molar-refractivity contribution in [1.29, 1.82) is 0 Å². The van der Waals surface area contributed by atoms with E-state index in [1.807, 2.05) is 0 Å². The van der Waals surface area contributed by atoms with Crippen molar-refractivity contribution in [2.24, 2.45) is 23.7 Å². The van der Waals surface area contributed by atoms with Crippen molar-refractivity contribution in [3.8, 4) is 55.9 Å². The van der Waals surface area contributed by atoms with Gasteiger partial charge in [-0.15, -0.1) is 0 Å². The first-order valence-corrected chi connectivity index (χ1v) is 21.7. The van der Waals surface area contributed by atoms with Crippen LogP contribution in [0.15, 0.2) is 170 Å². The molecular weight excluding hydrogens is 713 g/mol. The Bertz CT molecular complexity index is 3100. The van der Waals surface area contributed by atoms with Crippen LogP contribution in [0.3, 0.4) is 0 Å². The second-order valence-electron chi connectivity index (χ2n) is 18.0. The Morgan fingerprint density at radius 2 is 1.08 bits per heavy atom. The highest BCUT2D eigenvalue weighted by Crippen LogP contribution is 2.65. The molecule has 5 atom stereocenters. The van der Waals surface area contributed by atoms with Crippen molar-refractivity contribution in [3.63, 3.8) is 0 Å². The summed E-state index contributed by atoms with van der Waals surface area (Å²) in [5.41, 5.74) is 16.8. The fourth-order valence-electron chi connectivity index (χ4n) is 12.2. The molecule has 0 saturated heterocycles. The zero-order valence-corrected chi connectivity index (χ0v) is 33.7. The van der Waals surface area contributed by atoms with E-state index in [-0.39, 0.29) is 5.41 Å². The Kier molecular flexibility index (Phi) is 7.83. The standard InChI is InChI=1S/C57H46N2/c1-35-29-37-31-36(2)57(46(30-35)32-37)50-26-24-44(34-49(50)53-47-17-8-6-11-40(47)23-27-51(53)57)39-21-19-38(20-22-39)43-15-10-16-45(33-43)55-54(42-13-4-3-5-14-42)58-52-28-25-41-12-7-9-18-48(41)56(52)59-55/h3-28,33-37,46H,29-32H2,1-2H3. The number of fused-ring (bicyclic) bond motifs is 13. The van der Waals surface area contributed by atoms with Gasteiger partial charge in [0.15, 0.2) is 0 Å². The molecule has 12 rings (SSSR count). The van der Waals surface area contributed by atoms with Gasteiger partial charge in [-0.2, -0.15) is 0 Å². The lowest BCUT2D eigenvalue weighted by molar-refractivity contribution is 0.0426. The third-order valence-electron chi connectivity index (χ3n) is 14.6. The summed E-state index contributed by atoms with van der Waals surface area (Å²) in [7, 11) is 0. The lowest BCUT2D eigenvalue weighted by Gasteiger charge is -2.54. The summed E-state index contributed by atoms with van der Waals surface area (Å²) in [6, 6.07) is 62.7. The van der Waals surface area contributed by atoms with Crippen molar-refractivity contribution < 1.29 is 0 Å². The highest BCUT2D eigenvalue weighted by molar-refractivity contribution is 6.06. The molecule has 1 aromatic heterocycles. The Labute approximate surface area is 346 Å². The molecule has 1 spiro atoms. The second-order valence-corrected chi connectivity index (χ2v) is 18.0. The molecule has 0 amide bonds. The molecule has 0 radical (unpaired) electrons. The van der Waals surface area contributed by atoms with Gasteiger partial charge in [-0.25, -0.2) is 9.97 Å². The van der Waals surface area contributed by atoms with Gasteiger partial charge in [0.25, 0.3) is 0 Å². The topological polar surface area (TPSA) is 25.8 Å². The van der Waals surface area contributed by atoms with Gasteiger partial charge in [-0.1, -0.05) is 166 Å². The van der Waals surface area contributed by atoms with Crippen molar-refractivity contribution in [1.82, 2.24) is 9.97 Å². The van der Waals surface area contributed by atoms with Gasteiger partial charge < -0.3 is 0 Å². The fourth-order valence-corrected chi connectivity index (χ4v) is 12.2. The van der Waals surface area contributed by atoms with E-state index in [9.17, 15) is 0 Å². The van der Waals surface area contributed by atoms with Crippen LogP contribution in [-0.4, -0.2) is 9.97 Å². The zero-order chi connectivity index (χ0) is 39.2. The predicted molar refractivity (Wildman–Crippen MR) is 246 cm³/mol. The van der Waals surface area contributed by atoms with E-state index in [1.54, 1.807) is 11.1 Å². The van der Waals surface area contributed by atoms with Gasteiger partial charge in [0.1, 0.15) is 0 Å². The number of hydrogen-bond acceptors (Lipinski definition) is 2. The molecule has 2 nitrogen and oxygen atoms in total. The van der Waals surface area contributed by atoms with Gasteiger partial charge in [0, 0.05) is 21.9 Å². The summed E-state index contributed by atoms with van der Waals surface area (Å²) in [6.45, 7) is 5.08. The molecular formula is C57H46N2. The first kappa shape index (κ1) is 34.6. The average Bonchev–Trinajstić information content (AvgIpc) is 3.59. The van der Waals surface area contributed by atoms with Gasteiger partial charge in [0.2, 0.25) is 0 Å². The summed E-state index contributed by atoms with van der Waals surface area (Å²) in [5, 5.41) is 5.02. The first-order chi connectivity index (χ1) is 29.0. The van der Waals surface area contributed by atoms with Crippen LogP contribution in [0.1, 0.15) is 50.7 Å². The molecule has 5 unspecified atom stereocenters. The zero-order valence-electron chi connectivity index (χ0n) is 33.7. The highest BCUT2D eigenvalue weighted by atomic mass is 14.8. The van der Waals surface area contributed by atoms with Crippen LogP contribution in [0, 0.1) is 23.7 Å². The minimum absolute atomic E-state index is 0.0795. The number of aromatic nitrogens is 2. The number of hydrogen-bond donors (Lipinski definition) is 0.